The van der Waals surface area contributed by atoms with E-state index in [1.54, 1.807) is 0 Å². The maximum Gasteiger partial charge on any atom is 0.0432 e. The molecular formula is C4H11Cl2N. The van der Waals surface area contributed by atoms with Gasteiger partial charge in [-0.3, -0.25) is 0 Å². The smallest absolute Gasteiger partial charge is 0.0432 e. The van der Waals surface area contributed by atoms with Crippen LogP contribution in [0.5, 0.6) is 0 Å². The monoisotopic (exact) mass is 143 g/mol. The molecule has 0 aromatic carbocycles. The molecular weight excluding hydrogens is 133 g/mol. The van der Waals surface area contributed by atoms with Gasteiger partial charge in [0.2, 0.25) is 0 Å². The molecule has 1 unspecified atom stereocenters. The van der Waals surface area contributed by atoms with Gasteiger partial charge in [-0.25, -0.2) is 0 Å². The highest BCUT2D eigenvalue weighted by molar-refractivity contribution is 6.20. The van der Waals surface area contributed by atoms with Crippen LogP contribution in [0.25, 0.3) is 0 Å². The zero-order valence-electron chi connectivity index (χ0n) is 4.57. The van der Waals surface area contributed by atoms with Crippen molar-refractivity contribution in [3.05, 3.63) is 0 Å². The molecule has 0 fully saturated rings. The Balaban J connectivity index is 0. The molecule has 0 bridgehead atoms. The summed E-state index contributed by atoms with van der Waals surface area (Å²) in [5, 5.41) is 3.19. The molecule has 0 heterocycles. The van der Waals surface area contributed by atoms with E-state index in [4.69, 9.17) is 11.6 Å². The minimum Gasteiger partial charge on any atom is -0.318 e. The summed E-state index contributed by atoms with van der Waals surface area (Å²) in [6.45, 7) is 2.85. The van der Waals surface area contributed by atoms with Crippen LogP contribution < -0.4 is 5.32 Å². The Morgan fingerprint density at radius 2 is 2.14 bits per heavy atom. The van der Waals surface area contributed by atoms with Crippen molar-refractivity contribution in [3.8, 4) is 0 Å². The van der Waals surface area contributed by atoms with Crippen LogP contribution in [0, 0.1) is 0 Å². The van der Waals surface area contributed by atoms with E-state index in [1.807, 2.05) is 14.0 Å². The van der Waals surface area contributed by atoms with Gasteiger partial charge in [-0.1, -0.05) is 0 Å². The molecule has 0 rings (SSSR count). The van der Waals surface area contributed by atoms with E-state index in [2.05, 4.69) is 5.32 Å². The summed E-state index contributed by atoms with van der Waals surface area (Å²) in [6, 6.07) is 0. The first-order valence-electron chi connectivity index (χ1n) is 2.06. The van der Waals surface area contributed by atoms with Crippen molar-refractivity contribution in [2.75, 3.05) is 13.6 Å². The highest BCUT2D eigenvalue weighted by Gasteiger charge is 1.87. The van der Waals surface area contributed by atoms with Gasteiger partial charge in [-0.15, -0.1) is 24.0 Å². The van der Waals surface area contributed by atoms with Gasteiger partial charge in [0.05, 0.1) is 0 Å². The topological polar surface area (TPSA) is 12.0 Å². The Morgan fingerprint density at radius 1 is 1.71 bits per heavy atom. The zero-order chi connectivity index (χ0) is 4.99. The predicted molar refractivity (Wildman–Crippen MR) is 36.5 cm³/mol. The Kier molecular flexibility index (Phi) is 9.82. The first kappa shape index (κ1) is 10.5. The Labute approximate surface area is 55.8 Å². The normalized spacial score (nSPS) is 12.4. The molecule has 3 heteroatoms. The zero-order valence-corrected chi connectivity index (χ0v) is 6.14. The molecule has 0 aromatic heterocycles. The van der Waals surface area contributed by atoms with E-state index in [0.717, 1.165) is 6.54 Å². The summed E-state index contributed by atoms with van der Waals surface area (Å²) < 4.78 is 0. The number of hydrogen-bond donors (Lipinski definition) is 1. The fourth-order valence-electron chi connectivity index (χ4n) is 0.281. The van der Waals surface area contributed by atoms with Crippen molar-refractivity contribution in [2.45, 2.75) is 12.3 Å². The number of rotatable bonds is 2. The summed E-state index contributed by atoms with van der Waals surface area (Å²) in [7, 11) is 1.89. The van der Waals surface area contributed by atoms with E-state index in [9.17, 15) is 0 Å². The van der Waals surface area contributed by atoms with Gasteiger partial charge in [-0.2, -0.15) is 0 Å². The van der Waals surface area contributed by atoms with Crippen molar-refractivity contribution in [1.82, 2.24) is 5.32 Å². The summed E-state index contributed by atoms with van der Waals surface area (Å²) in [6.07, 6.45) is 0. The molecule has 0 aliphatic rings. The minimum absolute atomic E-state index is 0. The van der Waals surface area contributed by atoms with E-state index in [-0.39, 0.29) is 17.8 Å². The van der Waals surface area contributed by atoms with Crippen LogP contribution in [-0.4, -0.2) is 19.0 Å². The van der Waals surface area contributed by atoms with Gasteiger partial charge in [-0.05, 0) is 14.0 Å². The van der Waals surface area contributed by atoms with Crippen LogP contribution in [0.1, 0.15) is 6.92 Å². The van der Waals surface area contributed by atoms with Crippen LogP contribution in [0.2, 0.25) is 0 Å². The standard InChI is InChI=1S/C4H10ClN.ClH/c1-4(5)3-6-2;/h4,6H,3H2,1-2H3;1H. The molecule has 0 amide bonds. The molecule has 0 aliphatic carbocycles. The summed E-state index contributed by atoms with van der Waals surface area (Å²) >= 11 is 5.52. The molecule has 1 nitrogen and oxygen atoms in total. The quantitative estimate of drug-likeness (QED) is 0.575. The summed E-state index contributed by atoms with van der Waals surface area (Å²) in [4.78, 5) is 0. The first-order valence-corrected chi connectivity index (χ1v) is 2.49. The second kappa shape index (κ2) is 6.54. The van der Waals surface area contributed by atoms with Gasteiger partial charge in [0, 0.05) is 11.9 Å². The largest absolute Gasteiger partial charge is 0.318 e. The molecule has 0 saturated heterocycles. The molecule has 46 valence electrons. The fraction of sp³-hybridized carbons (Fsp3) is 1.00. The second-order valence-corrected chi connectivity index (χ2v) is 2.08. The van der Waals surface area contributed by atoms with E-state index in [0.29, 0.717) is 0 Å². The lowest BCUT2D eigenvalue weighted by molar-refractivity contribution is 0.779. The van der Waals surface area contributed by atoms with Gasteiger partial charge in [0.25, 0.3) is 0 Å². The van der Waals surface area contributed by atoms with Crippen LogP contribution in [0.4, 0.5) is 0 Å². The lowest BCUT2D eigenvalue weighted by Crippen LogP contribution is -2.15. The third kappa shape index (κ3) is 10.8. The summed E-state index contributed by atoms with van der Waals surface area (Å²) in [5.74, 6) is 0. The molecule has 7 heavy (non-hydrogen) atoms. The third-order valence-corrected chi connectivity index (χ3v) is 0.640. The number of hydrogen-bond acceptors (Lipinski definition) is 1. The molecule has 1 atom stereocenters. The average Bonchev–Trinajstić information content (AvgIpc) is 1.35. The first-order chi connectivity index (χ1) is 2.77. The lowest BCUT2D eigenvalue weighted by atomic mass is 10.5. The van der Waals surface area contributed by atoms with Gasteiger partial charge in [0.1, 0.15) is 0 Å². The Hall–Kier alpha value is 0.540. The fourth-order valence-corrected chi connectivity index (χ4v) is 0.436. The highest BCUT2D eigenvalue weighted by Crippen LogP contribution is 1.86. The van der Waals surface area contributed by atoms with Crippen LogP contribution in [0.15, 0.2) is 0 Å². The highest BCUT2D eigenvalue weighted by atomic mass is 35.5. The van der Waals surface area contributed by atoms with Gasteiger partial charge in [0.15, 0.2) is 0 Å². The van der Waals surface area contributed by atoms with Crippen molar-refractivity contribution < 1.29 is 0 Å². The predicted octanol–water partition coefficient (Wildman–Crippen LogP) is 1.25. The number of alkyl halides is 1. The number of halogens is 2. The van der Waals surface area contributed by atoms with Gasteiger partial charge >= 0.3 is 0 Å². The van der Waals surface area contributed by atoms with E-state index in [1.165, 1.54) is 0 Å². The maximum absolute atomic E-state index is 5.52. The van der Waals surface area contributed by atoms with E-state index < -0.39 is 0 Å². The Bertz CT molecular complexity index is 30.9. The van der Waals surface area contributed by atoms with Crippen molar-refractivity contribution in [3.63, 3.8) is 0 Å². The molecule has 0 spiro atoms. The second-order valence-electron chi connectivity index (χ2n) is 1.34. The molecule has 0 aliphatic heterocycles. The SMILES string of the molecule is CNCC(C)Cl.Cl. The third-order valence-electron chi connectivity index (χ3n) is 0.485. The Morgan fingerprint density at radius 3 is 2.14 bits per heavy atom. The average molecular weight is 144 g/mol. The molecule has 1 N–H and O–H groups in total. The molecule has 0 saturated carbocycles. The number of nitrogens with one attached hydrogen (secondary N) is 1. The maximum atomic E-state index is 5.52. The molecule has 0 radical (unpaired) electrons. The van der Waals surface area contributed by atoms with Crippen LogP contribution >= 0.6 is 24.0 Å². The minimum atomic E-state index is 0. The van der Waals surface area contributed by atoms with Crippen molar-refractivity contribution in [1.29, 1.82) is 0 Å². The van der Waals surface area contributed by atoms with Crippen LogP contribution in [0.3, 0.4) is 0 Å². The van der Waals surface area contributed by atoms with E-state index >= 15 is 0 Å². The van der Waals surface area contributed by atoms with Crippen molar-refractivity contribution in [2.24, 2.45) is 0 Å². The van der Waals surface area contributed by atoms with Crippen LogP contribution in [-0.2, 0) is 0 Å². The summed E-state index contributed by atoms with van der Waals surface area (Å²) in [5.41, 5.74) is 0. The lowest BCUT2D eigenvalue weighted by Gasteiger charge is -1.95. The van der Waals surface area contributed by atoms with Crippen molar-refractivity contribution >= 4 is 24.0 Å². The molecule has 0 aromatic rings. The van der Waals surface area contributed by atoms with Gasteiger partial charge < -0.3 is 5.32 Å².